The van der Waals surface area contributed by atoms with Crippen molar-refractivity contribution in [3.05, 3.63) is 57.8 Å². The van der Waals surface area contributed by atoms with Gasteiger partial charge < -0.3 is 10.5 Å². The van der Waals surface area contributed by atoms with Crippen LogP contribution in [0.4, 0.5) is 20.3 Å². The number of aromatic nitrogens is 1. The zero-order valence-electron chi connectivity index (χ0n) is 10.0. The topological polar surface area (TPSA) is 91.3 Å². The molecule has 1 heterocycles. The van der Waals surface area contributed by atoms with E-state index in [9.17, 15) is 18.9 Å². The molecule has 0 spiro atoms. The van der Waals surface area contributed by atoms with Crippen LogP contribution in [0.2, 0.25) is 0 Å². The summed E-state index contributed by atoms with van der Waals surface area (Å²) in [6, 6.07) is 4.32. The number of nitrogens with two attached hydrogens (primary N) is 1. The van der Waals surface area contributed by atoms with Crippen molar-refractivity contribution in [3.8, 4) is 5.75 Å². The van der Waals surface area contributed by atoms with Gasteiger partial charge in [0.05, 0.1) is 11.0 Å². The highest BCUT2D eigenvalue weighted by atomic mass is 19.1. The van der Waals surface area contributed by atoms with Gasteiger partial charge in [0.1, 0.15) is 12.4 Å². The lowest BCUT2D eigenvalue weighted by Crippen LogP contribution is -2.04. The van der Waals surface area contributed by atoms with Crippen LogP contribution in [0.5, 0.6) is 5.75 Å². The Morgan fingerprint density at radius 1 is 1.35 bits per heavy atom. The van der Waals surface area contributed by atoms with Crippen molar-refractivity contribution in [2.24, 2.45) is 0 Å². The van der Waals surface area contributed by atoms with Crippen molar-refractivity contribution in [2.75, 3.05) is 5.73 Å². The molecule has 0 aliphatic heterocycles. The Morgan fingerprint density at radius 2 is 2.10 bits per heavy atom. The number of nitrogen functional groups attached to an aromatic ring is 1. The first-order valence-electron chi connectivity index (χ1n) is 5.44. The summed E-state index contributed by atoms with van der Waals surface area (Å²) >= 11 is 0. The molecule has 0 saturated carbocycles. The third kappa shape index (κ3) is 2.79. The predicted molar refractivity (Wildman–Crippen MR) is 66.0 cm³/mol. The number of anilines is 1. The lowest BCUT2D eigenvalue weighted by molar-refractivity contribution is -0.387. The number of pyridine rings is 1. The monoisotopic (exact) mass is 281 g/mol. The summed E-state index contributed by atoms with van der Waals surface area (Å²) in [5.74, 6) is -2.43. The summed E-state index contributed by atoms with van der Waals surface area (Å²) in [7, 11) is 0. The number of benzene rings is 1. The molecule has 2 aromatic rings. The average Bonchev–Trinajstić information content (AvgIpc) is 2.40. The van der Waals surface area contributed by atoms with Gasteiger partial charge in [-0.15, -0.1) is 0 Å². The number of hydrogen-bond donors (Lipinski definition) is 1. The van der Waals surface area contributed by atoms with E-state index in [1.165, 1.54) is 6.20 Å². The van der Waals surface area contributed by atoms with E-state index in [2.05, 4.69) is 4.98 Å². The van der Waals surface area contributed by atoms with Crippen LogP contribution in [0, 0.1) is 21.7 Å². The summed E-state index contributed by atoms with van der Waals surface area (Å²) in [4.78, 5) is 13.2. The number of nitro benzene ring substituents is 1. The average molecular weight is 281 g/mol. The van der Waals surface area contributed by atoms with Crippen LogP contribution in [0.3, 0.4) is 0 Å². The summed E-state index contributed by atoms with van der Waals surface area (Å²) in [5, 5.41) is 10.4. The van der Waals surface area contributed by atoms with E-state index in [0.717, 1.165) is 0 Å². The molecule has 2 N–H and O–H groups in total. The van der Waals surface area contributed by atoms with Crippen molar-refractivity contribution in [3.63, 3.8) is 0 Å². The molecular formula is C12H9F2N3O3. The second kappa shape index (κ2) is 5.47. The zero-order valence-corrected chi connectivity index (χ0v) is 10.0. The van der Waals surface area contributed by atoms with E-state index in [0.29, 0.717) is 17.7 Å². The van der Waals surface area contributed by atoms with Gasteiger partial charge in [-0.2, -0.15) is 4.39 Å². The normalized spacial score (nSPS) is 10.3. The van der Waals surface area contributed by atoms with Crippen molar-refractivity contribution in [2.45, 2.75) is 6.61 Å². The Hall–Kier alpha value is -2.77. The van der Waals surface area contributed by atoms with E-state index >= 15 is 0 Å². The van der Waals surface area contributed by atoms with Crippen molar-refractivity contribution < 1.29 is 18.4 Å². The molecule has 1 aromatic heterocycles. The Kier molecular flexibility index (Phi) is 3.74. The van der Waals surface area contributed by atoms with Crippen LogP contribution in [0.25, 0.3) is 0 Å². The highest BCUT2D eigenvalue weighted by Crippen LogP contribution is 2.27. The van der Waals surface area contributed by atoms with Gasteiger partial charge in [-0.25, -0.2) is 9.37 Å². The van der Waals surface area contributed by atoms with Gasteiger partial charge in [0.2, 0.25) is 5.82 Å². The number of nitrogens with zero attached hydrogens (tertiary/aromatic N) is 2. The van der Waals surface area contributed by atoms with Gasteiger partial charge in [0, 0.05) is 17.8 Å². The Morgan fingerprint density at radius 3 is 2.75 bits per heavy atom. The predicted octanol–water partition coefficient (Wildman–Crippen LogP) is 2.43. The lowest BCUT2D eigenvalue weighted by Gasteiger charge is -2.08. The first-order chi connectivity index (χ1) is 9.49. The van der Waals surface area contributed by atoms with E-state index in [4.69, 9.17) is 10.5 Å². The number of halogens is 2. The molecule has 0 bridgehead atoms. The van der Waals surface area contributed by atoms with E-state index in [1.54, 1.807) is 12.1 Å². The van der Waals surface area contributed by atoms with Gasteiger partial charge in [-0.1, -0.05) is 6.07 Å². The molecular weight excluding hydrogens is 272 g/mol. The Labute approximate surface area is 112 Å². The zero-order chi connectivity index (χ0) is 14.7. The minimum absolute atomic E-state index is 0.131. The molecule has 104 valence electrons. The van der Waals surface area contributed by atoms with E-state index in [1.807, 2.05) is 0 Å². The molecule has 0 aliphatic rings. The molecule has 6 nitrogen and oxygen atoms in total. The molecule has 0 fully saturated rings. The molecule has 0 amide bonds. The van der Waals surface area contributed by atoms with Gasteiger partial charge in [0.15, 0.2) is 11.6 Å². The van der Waals surface area contributed by atoms with Gasteiger partial charge >= 0.3 is 5.69 Å². The number of ether oxygens (including phenoxy) is 1. The third-order valence-electron chi connectivity index (χ3n) is 2.51. The van der Waals surface area contributed by atoms with E-state index in [-0.39, 0.29) is 12.4 Å². The van der Waals surface area contributed by atoms with E-state index < -0.39 is 28.0 Å². The van der Waals surface area contributed by atoms with Crippen molar-refractivity contribution in [1.82, 2.24) is 4.98 Å². The number of rotatable bonds is 4. The van der Waals surface area contributed by atoms with Gasteiger partial charge in [0.25, 0.3) is 0 Å². The largest absolute Gasteiger partial charge is 0.486 e. The minimum atomic E-state index is -1.18. The van der Waals surface area contributed by atoms with Crippen molar-refractivity contribution in [1.29, 1.82) is 0 Å². The van der Waals surface area contributed by atoms with Crippen LogP contribution in [0.15, 0.2) is 30.5 Å². The summed E-state index contributed by atoms with van der Waals surface area (Å²) in [5.41, 5.74) is 5.11. The second-order valence-electron chi connectivity index (χ2n) is 3.83. The fourth-order valence-electron chi connectivity index (χ4n) is 1.50. The number of nitro groups is 1. The fraction of sp³-hybridized carbons (Fsp3) is 0.0833. The minimum Gasteiger partial charge on any atom is -0.486 e. The molecule has 0 aliphatic carbocycles. The molecule has 0 atom stereocenters. The van der Waals surface area contributed by atoms with Crippen LogP contribution in [-0.2, 0) is 6.61 Å². The maximum Gasteiger partial charge on any atom is 0.307 e. The standard InChI is InChI=1S/C12H9F2N3O3/c13-8-5-11(9(14)4-10(8)17(18)19)20-6-7-2-1-3-16-12(7)15/h1-5H,6H2,(H2,15,16). The molecule has 0 saturated heterocycles. The maximum absolute atomic E-state index is 13.6. The van der Waals surface area contributed by atoms with Crippen molar-refractivity contribution >= 4 is 11.5 Å². The molecule has 20 heavy (non-hydrogen) atoms. The fourth-order valence-corrected chi connectivity index (χ4v) is 1.50. The molecule has 0 radical (unpaired) electrons. The number of hydrogen-bond acceptors (Lipinski definition) is 5. The third-order valence-corrected chi connectivity index (χ3v) is 2.51. The second-order valence-corrected chi connectivity index (χ2v) is 3.83. The summed E-state index contributed by atoms with van der Waals surface area (Å²) < 4.78 is 32.0. The first-order valence-corrected chi connectivity index (χ1v) is 5.44. The lowest BCUT2D eigenvalue weighted by atomic mass is 10.2. The van der Waals surface area contributed by atoms with Crippen LogP contribution in [-0.4, -0.2) is 9.91 Å². The molecule has 0 unspecified atom stereocenters. The Balaban J connectivity index is 2.21. The van der Waals surface area contributed by atoms with Crippen LogP contribution < -0.4 is 10.5 Å². The van der Waals surface area contributed by atoms with Gasteiger partial charge in [-0.3, -0.25) is 10.1 Å². The molecule has 1 aromatic carbocycles. The highest BCUT2D eigenvalue weighted by Gasteiger charge is 2.19. The quantitative estimate of drug-likeness (QED) is 0.686. The van der Waals surface area contributed by atoms with Crippen LogP contribution in [0.1, 0.15) is 5.56 Å². The van der Waals surface area contributed by atoms with Gasteiger partial charge in [-0.05, 0) is 6.07 Å². The molecule has 8 heteroatoms. The van der Waals surface area contributed by atoms with Crippen LogP contribution >= 0.6 is 0 Å². The first kappa shape index (κ1) is 13.7. The SMILES string of the molecule is Nc1ncccc1COc1cc(F)c([N+](=O)[O-])cc1F. The maximum atomic E-state index is 13.6. The molecule has 2 rings (SSSR count). The smallest absolute Gasteiger partial charge is 0.307 e. The summed E-state index contributed by atoms with van der Waals surface area (Å²) in [6.45, 7) is -0.131. The Bertz CT molecular complexity index is 664. The highest BCUT2D eigenvalue weighted by molar-refractivity contribution is 5.41. The summed E-state index contributed by atoms with van der Waals surface area (Å²) in [6.07, 6.45) is 1.48.